The van der Waals surface area contributed by atoms with Gasteiger partial charge >= 0.3 is 6.09 Å². The molecule has 2 N–H and O–H groups in total. The molecule has 1 aromatic carbocycles. The van der Waals surface area contributed by atoms with Gasteiger partial charge in [-0.1, -0.05) is 30.3 Å². The van der Waals surface area contributed by atoms with Gasteiger partial charge in [0.25, 0.3) is 0 Å². The van der Waals surface area contributed by atoms with Crippen molar-refractivity contribution in [3.8, 4) is 6.07 Å². The normalized spacial score (nSPS) is 13.3. The molecule has 0 fully saturated rings. The van der Waals surface area contributed by atoms with Gasteiger partial charge < -0.3 is 15.2 Å². The molecule has 0 aromatic heterocycles. The van der Waals surface area contributed by atoms with Crippen LogP contribution < -0.4 is 5.32 Å². The minimum absolute atomic E-state index is 0.641. The van der Waals surface area contributed by atoms with Gasteiger partial charge in [-0.05, 0) is 5.56 Å². The molecule has 1 rings (SSSR count). The molecule has 84 valence electrons. The lowest BCUT2D eigenvalue weighted by Crippen LogP contribution is -2.35. The molecule has 0 aliphatic carbocycles. The van der Waals surface area contributed by atoms with Gasteiger partial charge in [-0.2, -0.15) is 5.26 Å². The van der Waals surface area contributed by atoms with Crippen LogP contribution in [0.5, 0.6) is 0 Å². The average Bonchev–Trinajstić information content (AvgIpc) is 2.35. The first-order valence-electron chi connectivity index (χ1n) is 4.66. The van der Waals surface area contributed by atoms with E-state index in [0.717, 1.165) is 0 Å². The number of rotatable bonds is 3. The fraction of sp³-hybridized carbons (Fsp3) is 0.273. The number of nitrogens with one attached hydrogen (secondary N) is 1. The van der Waals surface area contributed by atoms with Gasteiger partial charge in [-0.15, -0.1) is 0 Å². The Morgan fingerprint density at radius 3 is 2.62 bits per heavy atom. The molecule has 5 heteroatoms. The number of alkyl carbamates (subject to hydrolysis) is 1. The molecule has 0 heterocycles. The Morgan fingerprint density at radius 1 is 1.50 bits per heavy atom. The van der Waals surface area contributed by atoms with E-state index < -0.39 is 18.2 Å². The van der Waals surface area contributed by atoms with Crippen LogP contribution in [0.3, 0.4) is 0 Å². The van der Waals surface area contributed by atoms with Crippen LogP contribution in [0.1, 0.15) is 11.6 Å². The highest BCUT2D eigenvalue weighted by Crippen LogP contribution is 2.16. The van der Waals surface area contributed by atoms with Crippen molar-refractivity contribution in [1.29, 1.82) is 5.26 Å². The summed E-state index contributed by atoms with van der Waals surface area (Å²) in [6, 6.07) is 9.62. The quantitative estimate of drug-likeness (QED) is 0.743. The van der Waals surface area contributed by atoms with Gasteiger partial charge in [-0.25, -0.2) is 4.79 Å². The van der Waals surface area contributed by atoms with Gasteiger partial charge in [0.2, 0.25) is 0 Å². The molecule has 0 saturated heterocycles. The van der Waals surface area contributed by atoms with Gasteiger partial charge in [0, 0.05) is 0 Å². The van der Waals surface area contributed by atoms with Crippen LogP contribution in [0, 0.1) is 11.3 Å². The zero-order chi connectivity index (χ0) is 12.0. The number of methoxy groups -OCH3 is 1. The number of nitrogens with zero attached hydrogens (tertiary/aromatic N) is 1. The lowest BCUT2D eigenvalue weighted by molar-refractivity contribution is 0.141. The molecule has 0 aliphatic rings. The van der Waals surface area contributed by atoms with Crippen LogP contribution in [-0.4, -0.2) is 24.4 Å². The topological polar surface area (TPSA) is 82.3 Å². The fourth-order valence-electron chi connectivity index (χ4n) is 1.27. The van der Waals surface area contributed by atoms with E-state index in [1.165, 1.54) is 7.11 Å². The largest absolute Gasteiger partial charge is 0.453 e. The number of nitriles is 1. The van der Waals surface area contributed by atoms with E-state index in [-0.39, 0.29) is 0 Å². The summed E-state index contributed by atoms with van der Waals surface area (Å²) in [6.07, 6.45) is -2.01. The third kappa shape index (κ3) is 2.97. The van der Waals surface area contributed by atoms with Crippen molar-refractivity contribution >= 4 is 6.09 Å². The number of ether oxygens (including phenoxy) is 1. The summed E-state index contributed by atoms with van der Waals surface area (Å²) in [5.74, 6) is 0. The molecule has 0 spiro atoms. The number of amides is 1. The molecule has 1 amide bonds. The Bertz CT molecular complexity index is 386. The summed E-state index contributed by atoms with van der Waals surface area (Å²) in [4.78, 5) is 11.1. The van der Waals surface area contributed by atoms with Gasteiger partial charge in [0.15, 0.2) is 6.10 Å². The summed E-state index contributed by atoms with van der Waals surface area (Å²) in [5, 5.41) is 20.5. The van der Waals surface area contributed by atoms with Gasteiger partial charge in [-0.3, -0.25) is 0 Å². The minimum atomic E-state index is -1.32. The first-order valence-corrected chi connectivity index (χ1v) is 4.66. The van der Waals surface area contributed by atoms with Crippen molar-refractivity contribution < 1.29 is 14.6 Å². The van der Waals surface area contributed by atoms with E-state index in [0.29, 0.717) is 5.56 Å². The van der Waals surface area contributed by atoms with E-state index in [2.05, 4.69) is 10.1 Å². The first kappa shape index (κ1) is 12.0. The maximum atomic E-state index is 11.1. The second-order valence-corrected chi connectivity index (χ2v) is 3.10. The van der Waals surface area contributed by atoms with Crippen LogP contribution in [0.15, 0.2) is 30.3 Å². The van der Waals surface area contributed by atoms with Crippen LogP contribution >= 0.6 is 0 Å². The first-order chi connectivity index (χ1) is 7.69. The Morgan fingerprint density at radius 2 is 2.12 bits per heavy atom. The maximum Gasteiger partial charge on any atom is 0.407 e. The lowest BCUT2D eigenvalue weighted by atomic mass is 10.0. The lowest BCUT2D eigenvalue weighted by Gasteiger charge is -2.19. The summed E-state index contributed by atoms with van der Waals surface area (Å²) in [7, 11) is 1.22. The summed E-state index contributed by atoms with van der Waals surface area (Å²) in [6.45, 7) is 0. The molecule has 0 saturated carbocycles. The molecule has 0 aliphatic heterocycles. The third-order valence-electron chi connectivity index (χ3n) is 2.07. The molecule has 16 heavy (non-hydrogen) atoms. The molecule has 0 bridgehead atoms. The summed E-state index contributed by atoms with van der Waals surface area (Å²) in [5.41, 5.74) is 0.641. The minimum Gasteiger partial charge on any atom is -0.453 e. The molecule has 1 aromatic rings. The number of carbonyl (C=O) groups excluding carboxylic acids is 1. The van der Waals surface area contributed by atoms with Crippen molar-refractivity contribution in [2.75, 3.05) is 7.11 Å². The van der Waals surface area contributed by atoms with E-state index in [9.17, 15) is 9.90 Å². The van der Waals surface area contributed by atoms with Crippen molar-refractivity contribution in [1.82, 2.24) is 5.32 Å². The number of hydrogen-bond donors (Lipinski definition) is 2. The summed E-state index contributed by atoms with van der Waals surface area (Å²) < 4.78 is 4.43. The van der Waals surface area contributed by atoms with Crippen LogP contribution in [0.2, 0.25) is 0 Å². The second kappa shape index (κ2) is 5.73. The Kier molecular flexibility index (Phi) is 4.30. The van der Waals surface area contributed by atoms with Crippen LogP contribution in [0.25, 0.3) is 0 Å². The highest BCUT2D eigenvalue weighted by molar-refractivity contribution is 5.67. The predicted molar refractivity (Wildman–Crippen MR) is 56.3 cm³/mol. The number of aliphatic hydroxyl groups excluding tert-OH is 1. The van der Waals surface area contributed by atoms with Gasteiger partial charge in [0.1, 0.15) is 0 Å². The van der Waals surface area contributed by atoms with E-state index in [4.69, 9.17) is 5.26 Å². The Labute approximate surface area is 93.3 Å². The van der Waals surface area contributed by atoms with Gasteiger partial charge in [0.05, 0.1) is 19.2 Å². The molecule has 1 unspecified atom stereocenters. The summed E-state index contributed by atoms with van der Waals surface area (Å²) >= 11 is 0. The number of benzene rings is 1. The van der Waals surface area contributed by atoms with Crippen molar-refractivity contribution in [3.63, 3.8) is 0 Å². The maximum absolute atomic E-state index is 11.1. The SMILES string of the molecule is COC(=O)N[C@@H](c1ccccc1)C(O)C#N. The van der Waals surface area contributed by atoms with E-state index in [1.807, 2.05) is 0 Å². The molecular formula is C11H12N2O3. The zero-order valence-corrected chi connectivity index (χ0v) is 8.75. The monoisotopic (exact) mass is 220 g/mol. The third-order valence-corrected chi connectivity index (χ3v) is 2.07. The van der Waals surface area contributed by atoms with Crippen molar-refractivity contribution in [3.05, 3.63) is 35.9 Å². The highest BCUT2D eigenvalue weighted by Gasteiger charge is 2.22. The molecular weight excluding hydrogens is 208 g/mol. The highest BCUT2D eigenvalue weighted by atomic mass is 16.5. The number of hydrogen-bond acceptors (Lipinski definition) is 4. The predicted octanol–water partition coefficient (Wildman–Crippen LogP) is 0.968. The smallest absolute Gasteiger partial charge is 0.407 e. The molecule has 0 radical (unpaired) electrons. The number of aliphatic hydroxyl groups is 1. The number of carbonyl (C=O) groups is 1. The molecule has 2 atom stereocenters. The average molecular weight is 220 g/mol. The zero-order valence-electron chi connectivity index (χ0n) is 8.75. The van der Waals surface area contributed by atoms with E-state index >= 15 is 0 Å². The van der Waals surface area contributed by atoms with Crippen molar-refractivity contribution in [2.24, 2.45) is 0 Å². The van der Waals surface area contributed by atoms with E-state index in [1.54, 1.807) is 36.4 Å². The van der Waals surface area contributed by atoms with Crippen molar-refractivity contribution in [2.45, 2.75) is 12.1 Å². The van der Waals surface area contributed by atoms with Crippen LogP contribution in [0.4, 0.5) is 4.79 Å². The fourth-order valence-corrected chi connectivity index (χ4v) is 1.27. The Hall–Kier alpha value is -2.06. The molecule has 5 nitrogen and oxygen atoms in total. The van der Waals surface area contributed by atoms with Crippen LogP contribution in [-0.2, 0) is 4.74 Å². The second-order valence-electron chi connectivity index (χ2n) is 3.10. The Balaban J connectivity index is 2.89. The standard InChI is InChI=1S/C11H12N2O3/c1-16-11(15)13-10(9(14)7-12)8-5-3-2-4-6-8/h2-6,9-10,14H,1H3,(H,13,15)/t9?,10-/m0/s1.